The number of halogens is 2. The van der Waals surface area contributed by atoms with E-state index < -0.39 is 18.5 Å². The summed E-state index contributed by atoms with van der Waals surface area (Å²) in [5.74, 6) is -0.555. The molecule has 0 aliphatic rings. The van der Waals surface area contributed by atoms with Crippen LogP contribution in [0.3, 0.4) is 0 Å². The van der Waals surface area contributed by atoms with Crippen LogP contribution < -0.4 is 4.90 Å². The lowest BCUT2D eigenvalue weighted by Crippen LogP contribution is -2.27. The molecule has 0 aromatic heterocycles. The summed E-state index contributed by atoms with van der Waals surface area (Å²) >= 11 is 11.6. The SMILES string of the molecule is O=C(O)COC(=O)CCCc1ccc(N(CCCl)CCCl)cc1. The van der Waals surface area contributed by atoms with Crippen molar-refractivity contribution in [3.05, 3.63) is 29.8 Å². The molecule has 7 heteroatoms. The Kier molecular flexibility index (Phi) is 9.48. The maximum Gasteiger partial charge on any atom is 0.341 e. The molecule has 0 radical (unpaired) electrons. The highest BCUT2D eigenvalue weighted by molar-refractivity contribution is 6.18. The van der Waals surface area contributed by atoms with Crippen LogP contribution in [0.1, 0.15) is 18.4 Å². The lowest BCUT2D eigenvalue weighted by atomic mass is 10.1. The van der Waals surface area contributed by atoms with Crippen molar-refractivity contribution < 1.29 is 19.4 Å². The number of hydrogen-bond acceptors (Lipinski definition) is 4. The minimum Gasteiger partial charge on any atom is -0.479 e. The van der Waals surface area contributed by atoms with Crippen LogP contribution in [-0.2, 0) is 20.7 Å². The van der Waals surface area contributed by atoms with E-state index in [0.717, 1.165) is 30.8 Å². The largest absolute Gasteiger partial charge is 0.479 e. The number of ether oxygens (including phenoxy) is 1. The first kappa shape index (κ1) is 19.6. The van der Waals surface area contributed by atoms with Crippen LogP contribution in [0.5, 0.6) is 0 Å². The van der Waals surface area contributed by atoms with Gasteiger partial charge in [0.15, 0.2) is 6.61 Å². The molecule has 23 heavy (non-hydrogen) atoms. The van der Waals surface area contributed by atoms with Crippen LogP contribution in [0.2, 0.25) is 0 Å². The molecule has 0 bridgehead atoms. The van der Waals surface area contributed by atoms with E-state index in [-0.39, 0.29) is 6.42 Å². The summed E-state index contributed by atoms with van der Waals surface area (Å²) in [6, 6.07) is 8.04. The second-order valence-corrected chi connectivity index (χ2v) is 5.70. The smallest absolute Gasteiger partial charge is 0.341 e. The Morgan fingerprint density at radius 2 is 1.70 bits per heavy atom. The van der Waals surface area contributed by atoms with Crippen LogP contribution in [0.15, 0.2) is 24.3 Å². The van der Waals surface area contributed by atoms with Gasteiger partial charge in [-0.2, -0.15) is 0 Å². The number of aryl methyl sites for hydroxylation is 1. The first-order chi connectivity index (χ1) is 11.1. The molecule has 0 saturated heterocycles. The number of carbonyl (C=O) groups excluding carboxylic acids is 1. The van der Waals surface area contributed by atoms with Crippen molar-refractivity contribution in [2.24, 2.45) is 0 Å². The van der Waals surface area contributed by atoms with Gasteiger partial charge in [0.1, 0.15) is 0 Å². The van der Waals surface area contributed by atoms with E-state index in [4.69, 9.17) is 28.3 Å². The number of benzene rings is 1. The molecule has 0 aliphatic carbocycles. The number of hydrogen-bond donors (Lipinski definition) is 1. The Morgan fingerprint density at radius 1 is 1.09 bits per heavy atom. The molecule has 0 atom stereocenters. The third kappa shape index (κ3) is 8.09. The molecule has 0 amide bonds. The van der Waals surface area contributed by atoms with Crippen LogP contribution >= 0.6 is 23.2 Å². The molecule has 1 N–H and O–H groups in total. The lowest BCUT2D eigenvalue weighted by Gasteiger charge is -2.23. The van der Waals surface area contributed by atoms with E-state index in [1.54, 1.807) is 0 Å². The fraction of sp³-hybridized carbons (Fsp3) is 0.500. The average Bonchev–Trinajstić information content (AvgIpc) is 2.53. The number of anilines is 1. The Hall–Kier alpha value is -1.46. The number of carboxylic acids is 1. The summed E-state index contributed by atoms with van der Waals surface area (Å²) in [7, 11) is 0. The van der Waals surface area contributed by atoms with Crippen molar-refractivity contribution in [1.82, 2.24) is 0 Å². The molecule has 1 aromatic rings. The van der Waals surface area contributed by atoms with E-state index in [0.29, 0.717) is 18.2 Å². The summed E-state index contributed by atoms with van der Waals surface area (Å²) in [6.45, 7) is 0.899. The summed E-state index contributed by atoms with van der Waals surface area (Å²) < 4.78 is 4.58. The summed E-state index contributed by atoms with van der Waals surface area (Å²) in [4.78, 5) is 23.7. The molecule has 0 aliphatic heterocycles. The number of rotatable bonds is 11. The molecule has 1 aromatic carbocycles. The number of carbonyl (C=O) groups is 2. The first-order valence-corrected chi connectivity index (χ1v) is 8.47. The molecule has 0 spiro atoms. The lowest BCUT2D eigenvalue weighted by molar-refractivity contribution is -0.155. The van der Waals surface area contributed by atoms with Crippen molar-refractivity contribution in [3.63, 3.8) is 0 Å². The Balaban J connectivity index is 2.41. The van der Waals surface area contributed by atoms with Crippen LogP contribution in [-0.4, -0.2) is 48.5 Å². The second-order valence-electron chi connectivity index (χ2n) is 4.94. The standard InChI is InChI=1S/C16H21Cl2NO4/c17-8-10-19(11-9-18)14-6-4-13(5-7-14)2-1-3-16(22)23-12-15(20)21/h4-7H,1-3,8-12H2,(H,20,21). The van der Waals surface area contributed by atoms with Crippen molar-refractivity contribution in [3.8, 4) is 0 Å². The van der Waals surface area contributed by atoms with E-state index in [9.17, 15) is 9.59 Å². The van der Waals surface area contributed by atoms with Gasteiger partial charge in [-0.05, 0) is 30.5 Å². The summed E-state index contributed by atoms with van der Waals surface area (Å²) in [5.41, 5.74) is 2.17. The molecular formula is C16H21Cl2NO4. The number of carboxylic acid groups (broad SMARTS) is 1. The van der Waals surface area contributed by atoms with Gasteiger partial charge in [0, 0.05) is 37.0 Å². The average molecular weight is 362 g/mol. The van der Waals surface area contributed by atoms with E-state index in [1.165, 1.54) is 0 Å². The van der Waals surface area contributed by atoms with Gasteiger partial charge in [-0.15, -0.1) is 23.2 Å². The summed E-state index contributed by atoms with van der Waals surface area (Å²) in [6.07, 6.45) is 1.55. The third-order valence-corrected chi connectivity index (χ3v) is 3.55. The molecule has 0 fully saturated rings. The zero-order valence-electron chi connectivity index (χ0n) is 12.8. The maximum absolute atomic E-state index is 11.3. The van der Waals surface area contributed by atoms with Gasteiger partial charge in [-0.3, -0.25) is 4.79 Å². The Labute approximate surface area is 146 Å². The molecule has 0 unspecified atom stereocenters. The van der Waals surface area contributed by atoms with Crippen molar-refractivity contribution in [2.75, 3.05) is 36.4 Å². The third-order valence-electron chi connectivity index (χ3n) is 3.21. The minimum absolute atomic E-state index is 0.208. The number of alkyl halides is 2. The van der Waals surface area contributed by atoms with E-state index in [2.05, 4.69) is 9.64 Å². The number of nitrogens with zero attached hydrogens (tertiary/aromatic N) is 1. The van der Waals surface area contributed by atoms with Crippen molar-refractivity contribution >= 4 is 40.8 Å². The molecule has 128 valence electrons. The van der Waals surface area contributed by atoms with Crippen LogP contribution in [0.25, 0.3) is 0 Å². The quantitative estimate of drug-likeness (QED) is 0.484. The fourth-order valence-corrected chi connectivity index (χ4v) is 2.51. The normalized spacial score (nSPS) is 10.3. The minimum atomic E-state index is -1.15. The van der Waals surface area contributed by atoms with Gasteiger partial charge in [0.25, 0.3) is 0 Å². The van der Waals surface area contributed by atoms with Crippen molar-refractivity contribution in [2.45, 2.75) is 19.3 Å². The Bertz CT molecular complexity index is 487. The zero-order valence-corrected chi connectivity index (χ0v) is 14.4. The highest BCUT2D eigenvalue weighted by Crippen LogP contribution is 2.17. The first-order valence-electron chi connectivity index (χ1n) is 7.40. The van der Waals surface area contributed by atoms with Gasteiger partial charge in [0.05, 0.1) is 0 Å². The van der Waals surface area contributed by atoms with Crippen molar-refractivity contribution in [1.29, 1.82) is 0 Å². The van der Waals surface area contributed by atoms with Gasteiger partial charge in [-0.1, -0.05) is 12.1 Å². The number of esters is 1. The Morgan fingerprint density at radius 3 is 2.22 bits per heavy atom. The molecule has 0 saturated carbocycles. The topological polar surface area (TPSA) is 66.8 Å². The monoisotopic (exact) mass is 361 g/mol. The van der Waals surface area contributed by atoms with Gasteiger partial charge in [-0.25, -0.2) is 4.79 Å². The highest BCUT2D eigenvalue weighted by Gasteiger charge is 2.07. The zero-order chi connectivity index (χ0) is 17.1. The van der Waals surface area contributed by atoms with Crippen LogP contribution in [0.4, 0.5) is 5.69 Å². The molecular weight excluding hydrogens is 341 g/mol. The second kappa shape index (κ2) is 11.1. The van der Waals surface area contributed by atoms with E-state index in [1.807, 2.05) is 24.3 Å². The fourth-order valence-electron chi connectivity index (χ4n) is 2.10. The molecule has 1 rings (SSSR count). The predicted molar refractivity (Wildman–Crippen MR) is 91.6 cm³/mol. The number of aliphatic carboxylic acids is 1. The van der Waals surface area contributed by atoms with Gasteiger partial charge in [0.2, 0.25) is 0 Å². The highest BCUT2D eigenvalue weighted by atomic mass is 35.5. The molecule has 5 nitrogen and oxygen atoms in total. The molecule has 0 heterocycles. The summed E-state index contributed by atoms with van der Waals surface area (Å²) in [5, 5.41) is 8.42. The van der Waals surface area contributed by atoms with Crippen LogP contribution in [0, 0.1) is 0 Å². The maximum atomic E-state index is 11.3. The van der Waals surface area contributed by atoms with Gasteiger partial charge >= 0.3 is 11.9 Å². The van der Waals surface area contributed by atoms with Gasteiger partial charge < -0.3 is 14.7 Å². The predicted octanol–water partition coefficient (Wildman–Crippen LogP) is 2.92. The van der Waals surface area contributed by atoms with E-state index >= 15 is 0 Å².